The van der Waals surface area contributed by atoms with Crippen molar-refractivity contribution in [1.29, 1.82) is 0 Å². The highest BCUT2D eigenvalue weighted by molar-refractivity contribution is 4.95. The molecule has 2 N–H and O–H groups in total. The molecule has 0 radical (unpaired) electrons. The number of hydrogen-bond acceptors (Lipinski definition) is 2. The molecule has 0 aromatic heterocycles. The highest BCUT2D eigenvalue weighted by Gasteiger charge is 2.41. The normalized spacial score (nSPS) is 19.2. The van der Waals surface area contributed by atoms with Gasteiger partial charge in [0, 0.05) is 13.1 Å². The summed E-state index contributed by atoms with van der Waals surface area (Å²) in [4.78, 5) is 0. The van der Waals surface area contributed by atoms with Gasteiger partial charge in [-0.05, 0) is 37.5 Å². The van der Waals surface area contributed by atoms with Gasteiger partial charge < -0.3 is 10.4 Å². The zero-order chi connectivity index (χ0) is 11.4. The molecule has 15 heavy (non-hydrogen) atoms. The van der Waals surface area contributed by atoms with E-state index < -0.39 is 5.60 Å². The first-order valence-electron chi connectivity index (χ1n) is 6.53. The summed E-state index contributed by atoms with van der Waals surface area (Å²) in [6, 6.07) is 0. The van der Waals surface area contributed by atoms with Crippen molar-refractivity contribution in [3.63, 3.8) is 0 Å². The van der Waals surface area contributed by atoms with Gasteiger partial charge in [0.15, 0.2) is 0 Å². The van der Waals surface area contributed by atoms with Crippen LogP contribution in [0.2, 0.25) is 0 Å². The van der Waals surface area contributed by atoms with Crippen LogP contribution in [0.3, 0.4) is 0 Å². The molecule has 0 atom stereocenters. The molecule has 1 rings (SSSR count). The molecular weight excluding hydrogens is 186 g/mol. The second kappa shape index (κ2) is 5.31. The lowest BCUT2D eigenvalue weighted by atomic mass is 9.96. The van der Waals surface area contributed by atoms with Gasteiger partial charge in [0.2, 0.25) is 0 Å². The van der Waals surface area contributed by atoms with Crippen LogP contribution in [-0.4, -0.2) is 23.8 Å². The molecule has 0 bridgehead atoms. The first kappa shape index (κ1) is 13.0. The summed E-state index contributed by atoms with van der Waals surface area (Å²) in [7, 11) is 0. The summed E-state index contributed by atoms with van der Waals surface area (Å²) < 4.78 is 0. The maximum atomic E-state index is 10.1. The molecule has 90 valence electrons. The summed E-state index contributed by atoms with van der Waals surface area (Å²) >= 11 is 0. The van der Waals surface area contributed by atoms with Crippen molar-refractivity contribution >= 4 is 0 Å². The standard InChI is InChI=1S/C13H27NO/c1-4-7-12(8-9-12)10-14-11-13(15,5-2)6-3/h14-15H,4-11H2,1-3H3. The second-order valence-electron chi connectivity index (χ2n) is 5.29. The summed E-state index contributed by atoms with van der Waals surface area (Å²) in [6.45, 7) is 8.23. The van der Waals surface area contributed by atoms with Crippen LogP contribution in [-0.2, 0) is 0 Å². The fourth-order valence-electron chi connectivity index (χ4n) is 2.28. The zero-order valence-electron chi connectivity index (χ0n) is 10.6. The fourth-order valence-corrected chi connectivity index (χ4v) is 2.28. The number of hydrogen-bond donors (Lipinski definition) is 2. The Morgan fingerprint density at radius 1 is 1.20 bits per heavy atom. The van der Waals surface area contributed by atoms with Crippen LogP contribution in [0, 0.1) is 5.41 Å². The molecule has 0 aromatic carbocycles. The van der Waals surface area contributed by atoms with Crippen molar-refractivity contribution in [2.24, 2.45) is 5.41 Å². The van der Waals surface area contributed by atoms with Crippen LogP contribution < -0.4 is 5.32 Å². The van der Waals surface area contributed by atoms with Crippen LogP contribution in [0.15, 0.2) is 0 Å². The first-order chi connectivity index (χ1) is 7.10. The van der Waals surface area contributed by atoms with E-state index in [2.05, 4.69) is 26.1 Å². The van der Waals surface area contributed by atoms with E-state index in [1.54, 1.807) is 0 Å². The first-order valence-corrected chi connectivity index (χ1v) is 6.53. The van der Waals surface area contributed by atoms with Gasteiger partial charge in [0.25, 0.3) is 0 Å². The van der Waals surface area contributed by atoms with Crippen molar-refractivity contribution < 1.29 is 5.11 Å². The smallest absolute Gasteiger partial charge is 0.0766 e. The molecular formula is C13H27NO. The Balaban J connectivity index is 2.21. The van der Waals surface area contributed by atoms with Crippen LogP contribution >= 0.6 is 0 Å². The van der Waals surface area contributed by atoms with E-state index in [0.29, 0.717) is 5.41 Å². The minimum Gasteiger partial charge on any atom is -0.389 e. The van der Waals surface area contributed by atoms with E-state index in [-0.39, 0.29) is 0 Å². The Morgan fingerprint density at radius 3 is 2.20 bits per heavy atom. The van der Waals surface area contributed by atoms with Crippen molar-refractivity contribution in [1.82, 2.24) is 5.32 Å². The van der Waals surface area contributed by atoms with E-state index in [9.17, 15) is 5.11 Å². The lowest BCUT2D eigenvalue weighted by molar-refractivity contribution is 0.0314. The lowest BCUT2D eigenvalue weighted by Crippen LogP contribution is -2.41. The van der Waals surface area contributed by atoms with Crippen molar-refractivity contribution in [2.45, 2.75) is 64.9 Å². The van der Waals surface area contributed by atoms with Gasteiger partial charge in [-0.1, -0.05) is 27.2 Å². The molecule has 1 saturated carbocycles. The van der Waals surface area contributed by atoms with E-state index in [1.807, 2.05) is 0 Å². The molecule has 0 unspecified atom stereocenters. The van der Waals surface area contributed by atoms with Crippen LogP contribution in [0.1, 0.15) is 59.3 Å². The summed E-state index contributed by atoms with van der Waals surface area (Å²) in [5.41, 5.74) is 0.111. The highest BCUT2D eigenvalue weighted by atomic mass is 16.3. The fraction of sp³-hybridized carbons (Fsp3) is 1.00. The molecule has 0 amide bonds. The molecule has 1 aliphatic carbocycles. The Morgan fingerprint density at radius 2 is 1.80 bits per heavy atom. The van der Waals surface area contributed by atoms with Crippen molar-refractivity contribution in [3.8, 4) is 0 Å². The van der Waals surface area contributed by atoms with Crippen molar-refractivity contribution in [2.75, 3.05) is 13.1 Å². The second-order valence-corrected chi connectivity index (χ2v) is 5.29. The third kappa shape index (κ3) is 3.76. The van der Waals surface area contributed by atoms with E-state index >= 15 is 0 Å². The molecule has 0 aliphatic heterocycles. The third-order valence-electron chi connectivity index (χ3n) is 4.01. The van der Waals surface area contributed by atoms with Gasteiger partial charge in [-0.3, -0.25) is 0 Å². The molecule has 0 saturated heterocycles. The van der Waals surface area contributed by atoms with E-state index in [0.717, 1.165) is 25.9 Å². The van der Waals surface area contributed by atoms with Crippen LogP contribution in [0.25, 0.3) is 0 Å². The number of rotatable bonds is 8. The summed E-state index contributed by atoms with van der Waals surface area (Å²) in [5.74, 6) is 0. The highest BCUT2D eigenvalue weighted by Crippen LogP contribution is 2.48. The Hall–Kier alpha value is -0.0800. The van der Waals surface area contributed by atoms with Gasteiger partial charge in [0.05, 0.1) is 5.60 Å². The molecule has 2 heteroatoms. The lowest BCUT2D eigenvalue weighted by Gasteiger charge is -2.27. The molecule has 0 spiro atoms. The topological polar surface area (TPSA) is 32.3 Å². The van der Waals surface area contributed by atoms with E-state index in [1.165, 1.54) is 25.7 Å². The predicted octanol–water partition coefficient (Wildman–Crippen LogP) is 2.71. The number of nitrogens with one attached hydrogen (secondary N) is 1. The molecule has 0 heterocycles. The van der Waals surface area contributed by atoms with Gasteiger partial charge in [-0.2, -0.15) is 0 Å². The van der Waals surface area contributed by atoms with Gasteiger partial charge in [-0.15, -0.1) is 0 Å². The average molecular weight is 213 g/mol. The molecule has 0 aromatic rings. The monoisotopic (exact) mass is 213 g/mol. The minimum atomic E-state index is -0.484. The van der Waals surface area contributed by atoms with Crippen LogP contribution in [0.5, 0.6) is 0 Å². The Bertz CT molecular complexity index is 183. The average Bonchev–Trinajstić information content (AvgIpc) is 2.99. The Labute approximate surface area is 94.5 Å². The maximum Gasteiger partial charge on any atom is 0.0766 e. The quantitative estimate of drug-likeness (QED) is 0.650. The molecule has 1 fully saturated rings. The van der Waals surface area contributed by atoms with Crippen LogP contribution in [0.4, 0.5) is 0 Å². The van der Waals surface area contributed by atoms with Gasteiger partial charge >= 0.3 is 0 Å². The SMILES string of the molecule is CCCC1(CNCC(O)(CC)CC)CC1. The Kier molecular flexibility index (Phi) is 4.60. The number of aliphatic hydroxyl groups is 1. The maximum absolute atomic E-state index is 10.1. The summed E-state index contributed by atoms with van der Waals surface area (Å²) in [6.07, 6.45) is 7.08. The predicted molar refractivity (Wildman–Crippen MR) is 65.0 cm³/mol. The minimum absolute atomic E-state index is 0.484. The zero-order valence-corrected chi connectivity index (χ0v) is 10.6. The largest absolute Gasteiger partial charge is 0.389 e. The summed E-state index contributed by atoms with van der Waals surface area (Å²) in [5, 5.41) is 13.6. The van der Waals surface area contributed by atoms with Gasteiger partial charge in [0.1, 0.15) is 0 Å². The third-order valence-corrected chi connectivity index (χ3v) is 4.01. The van der Waals surface area contributed by atoms with E-state index in [4.69, 9.17) is 0 Å². The van der Waals surface area contributed by atoms with Gasteiger partial charge in [-0.25, -0.2) is 0 Å². The molecule has 1 aliphatic rings. The van der Waals surface area contributed by atoms with Crippen molar-refractivity contribution in [3.05, 3.63) is 0 Å². The molecule has 2 nitrogen and oxygen atoms in total.